The second-order valence-corrected chi connectivity index (χ2v) is 5.74. The largest absolute Gasteiger partial charge is 0.382 e. The van der Waals surface area contributed by atoms with Gasteiger partial charge in [0.15, 0.2) is 5.96 Å². The number of aliphatic imine (C=N–C) groups is 1. The molecule has 0 bridgehead atoms. The van der Waals surface area contributed by atoms with Gasteiger partial charge in [0, 0.05) is 38.1 Å². The van der Waals surface area contributed by atoms with Crippen molar-refractivity contribution in [2.45, 2.75) is 26.4 Å². The number of guanidine groups is 1. The summed E-state index contributed by atoms with van der Waals surface area (Å²) in [6.07, 6.45) is 2.62. The Labute approximate surface area is 182 Å². The molecule has 1 aromatic carbocycles. The SMILES string of the molecule is CCOCCCNC(=NCc1ccc([N+](=O)[O-])cc1)NCc1ccccn1.I. The highest BCUT2D eigenvalue weighted by molar-refractivity contribution is 14.0. The minimum Gasteiger partial charge on any atom is -0.382 e. The second kappa shape index (κ2) is 13.8. The number of benzene rings is 1. The number of rotatable bonds is 10. The molecule has 0 aliphatic carbocycles. The first-order chi connectivity index (χ1) is 13.2. The molecule has 8 nitrogen and oxygen atoms in total. The van der Waals surface area contributed by atoms with E-state index in [0.717, 1.165) is 24.2 Å². The molecule has 0 aliphatic heterocycles. The van der Waals surface area contributed by atoms with E-state index < -0.39 is 4.92 Å². The molecule has 28 heavy (non-hydrogen) atoms. The summed E-state index contributed by atoms with van der Waals surface area (Å²) in [7, 11) is 0. The number of aromatic nitrogens is 1. The minimum absolute atomic E-state index is 0. The number of nitrogens with one attached hydrogen (secondary N) is 2. The standard InChI is InChI=1S/C19H25N5O3.HI/c1-2-27-13-5-12-21-19(23-15-17-6-3-4-11-20-17)22-14-16-7-9-18(10-8-16)24(25)26;/h3-4,6-11H,2,5,12-15H2,1H3,(H2,21,22,23);1H. The zero-order valence-electron chi connectivity index (χ0n) is 15.8. The van der Waals surface area contributed by atoms with Gasteiger partial charge in [-0.15, -0.1) is 24.0 Å². The molecule has 2 rings (SSSR count). The van der Waals surface area contributed by atoms with Gasteiger partial charge in [-0.1, -0.05) is 18.2 Å². The maximum absolute atomic E-state index is 10.7. The molecule has 0 saturated heterocycles. The molecule has 1 aromatic heterocycles. The number of hydrogen-bond acceptors (Lipinski definition) is 5. The second-order valence-electron chi connectivity index (χ2n) is 5.74. The summed E-state index contributed by atoms with van der Waals surface area (Å²) in [6, 6.07) is 12.2. The lowest BCUT2D eigenvalue weighted by atomic mass is 10.2. The third-order valence-corrected chi connectivity index (χ3v) is 3.69. The van der Waals surface area contributed by atoms with Gasteiger partial charge in [0.05, 0.1) is 23.7 Å². The van der Waals surface area contributed by atoms with Crippen LogP contribution in [0.3, 0.4) is 0 Å². The van der Waals surface area contributed by atoms with Crippen molar-refractivity contribution < 1.29 is 9.66 Å². The van der Waals surface area contributed by atoms with E-state index >= 15 is 0 Å². The van der Waals surface area contributed by atoms with Crippen LogP contribution in [0.2, 0.25) is 0 Å². The van der Waals surface area contributed by atoms with Gasteiger partial charge in [0.2, 0.25) is 0 Å². The molecule has 0 aliphatic rings. The number of nitrogens with zero attached hydrogens (tertiary/aromatic N) is 3. The average molecular weight is 499 g/mol. The van der Waals surface area contributed by atoms with Crippen molar-refractivity contribution in [2.75, 3.05) is 19.8 Å². The summed E-state index contributed by atoms with van der Waals surface area (Å²) >= 11 is 0. The minimum atomic E-state index is -0.410. The van der Waals surface area contributed by atoms with Gasteiger partial charge < -0.3 is 15.4 Å². The number of pyridine rings is 1. The highest BCUT2D eigenvalue weighted by atomic mass is 127. The first-order valence-electron chi connectivity index (χ1n) is 8.92. The molecule has 0 saturated carbocycles. The summed E-state index contributed by atoms with van der Waals surface area (Å²) in [6.45, 7) is 5.07. The Morgan fingerprint density at radius 3 is 2.64 bits per heavy atom. The van der Waals surface area contributed by atoms with Crippen molar-refractivity contribution in [1.29, 1.82) is 0 Å². The van der Waals surface area contributed by atoms with E-state index in [0.29, 0.717) is 32.3 Å². The van der Waals surface area contributed by atoms with Crippen LogP contribution in [0.25, 0.3) is 0 Å². The summed E-state index contributed by atoms with van der Waals surface area (Å²) in [4.78, 5) is 19.2. The molecular weight excluding hydrogens is 473 g/mol. The lowest BCUT2D eigenvalue weighted by Crippen LogP contribution is -2.38. The van der Waals surface area contributed by atoms with Crippen molar-refractivity contribution >= 4 is 35.6 Å². The predicted octanol–water partition coefficient (Wildman–Crippen LogP) is 3.27. The van der Waals surface area contributed by atoms with E-state index in [-0.39, 0.29) is 29.7 Å². The van der Waals surface area contributed by atoms with Crippen LogP contribution in [0.4, 0.5) is 5.69 Å². The van der Waals surface area contributed by atoms with E-state index in [9.17, 15) is 10.1 Å². The van der Waals surface area contributed by atoms with Crippen molar-refractivity contribution in [3.8, 4) is 0 Å². The molecule has 0 radical (unpaired) electrons. The maximum atomic E-state index is 10.7. The van der Waals surface area contributed by atoms with E-state index in [4.69, 9.17) is 4.74 Å². The molecule has 152 valence electrons. The number of non-ortho nitro benzene ring substituents is 1. The average Bonchev–Trinajstić information content (AvgIpc) is 2.70. The van der Waals surface area contributed by atoms with Crippen LogP contribution in [0, 0.1) is 10.1 Å². The van der Waals surface area contributed by atoms with Crippen LogP contribution >= 0.6 is 24.0 Å². The van der Waals surface area contributed by atoms with Gasteiger partial charge in [-0.05, 0) is 31.0 Å². The van der Waals surface area contributed by atoms with E-state index in [1.54, 1.807) is 18.3 Å². The molecule has 0 spiro atoms. The van der Waals surface area contributed by atoms with Gasteiger partial charge in [0.1, 0.15) is 0 Å². The molecular formula is C19H26IN5O3. The number of hydrogen-bond donors (Lipinski definition) is 2. The van der Waals surface area contributed by atoms with E-state index in [1.165, 1.54) is 12.1 Å². The molecule has 0 unspecified atom stereocenters. The molecule has 0 amide bonds. The fourth-order valence-corrected chi connectivity index (χ4v) is 2.27. The Morgan fingerprint density at radius 2 is 2.00 bits per heavy atom. The van der Waals surface area contributed by atoms with Crippen LogP contribution in [-0.4, -0.2) is 35.6 Å². The van der Waals surface area contributed by atoms with Crippen molar-refractivity contribution in [3.05, 3.63) is 70.0 Å². The van der Waals surface area contributed by atoms with Crippen LogP contribution in [-0.2, 0) is 17.8 Å². The third kappa shape index (κ3) is 9.09. The normalized spacial score (nSPS) is 10.8. The first kappa shape index (κ1) is 23.8. The Bertz CT molecular complexity index is 726. The van der Waals surface area contributed by atoms with E-state index in [2.05, 4.69) is 20.6 Å². The van der Waals surface area contributed by atoms with Crippen LogP contribution in [0.15, 0.2) is 53.7 Å². The highest BCUT2D eigenvalue weighted by Gasteiger charge is 2.04. The fourth-order valence-electron chi connectivity index (χ4n) is 2.27. The number of nitro benzene ring substituents is 1. The summed E-state index contributed by atoms with van der Waals surface area (Å²) < 4.78 is 5.34. The summed E-state index contributed by atoms with van der Waals surface area (Å²) in [5, 5.41) is 17.3. The quantitative estimate of drug-likeness (QED) is 0.130. The van der Waals surface area contributed by atoms with Gasteiger partial charge in [-0.3, -0.25) is 15.1 Å². The zero-order chi connectivity index (χ0) is 19.3. The van der Waals surface area contributed by atoms with Crippen molar-refractivity contribution in [1.82, 2.24) is 15.6 Å². The Kier molecular flexibility index (Phi) is 11.7. The number of ether oxygens (including phenoxy) is 1. The molecule has 1 heterocycles. The Balaban J connectivity index is 0.00000392. The van der Waals surface area contributed by atoms with Crippen LogP contribution in [0.5, 0.6) is 0 Å². The highest BCUT2D eigenvalue weighted by Crippen LogP contribution is 2.12. The predicted molar refractivity (Wildman–Crippen MR) is 120 cm³/mol. The van der Waals surface area contributed by atoms with Gasteiger partial charge >= 0.3 is 0 Å². The fraction of sp³-hybridized carbons (Fsp3) is 0.368. The summed E-state index contributed by atoms with van der Waals surface area (Å²) in [5.41, 5.74) is 1.88. The number of halogens is 1. The van der Waals surface area contributed by atoms with Crippen molar-refractivity contribution in [3.63, 3.8) is 0 Å². The molecule has 0 atom stereocenters. The lowest BCUT2D eigenvalue weighted by molar-refractivity contribution is -0.384. The Hall–Kier alpha value is -2.27. The molecule has 0 fully saturated rings. The molecule has 9 heteroatoms. The van der Waals surface area contributed by atoms with Gasteiger partial charge in [-0.2, -0.15) is 0 Å². The van der Waals surface area contributed by atoms with Crippen molar-refractivity contribution in [2.24, 2.45) is 4.99 Å². The van der Waals surface area contributed by atoms with E-state index in [1.807, 2.05) is 25.1 Å². The number of nitro groups is 1. The van der Waals surface area contributed by atoms with Gasteiger partial charge in [0.25, 0.3) is 5.69 Å². The maximum Gasteiger partial charge on any atom is 0.269 e. The smallest absolute Gasteiger partial charge is 0.269 e. The van der Waals surface area contributed by atoms with Gasteiger partial charge in [-0.25, -0.2) is 4.99 Å². The van der Waals surface area contributed by atoms with Crippen LogP contribution in [0.1, 0.15) is 24.6 Å². The molecule has 2 aromatic rings. The van der Waals surface area contributed by atoms with Crippen LogP contribution < -0.4 is 10.6 Å². The topological polar surface area (TPSA) is 102 Å². The lowest BCUT2D eigenvalue weighted by Gasteiger charge is -2.12. The third-order valence-electron chi connectivity index (χ3n) is 3.69. The first-order valence-corrected chi connectivity index (χ1v) is 8.92. The summed E-state index contributed by atoms with van der Waals surface area (Å²) in [5.74, 6) is 0.663. The Morgan fingerprint density at radius 1 is 1.21 bits per heavy atom. The zero-order valence-corrected chi connectivity index (χ0v) is 18.2. The monoisotopic (exact) mass is 499 g/mol. The molecule has 2 N–H and O–H groups in total.